The molecule has 2 N–H and O–H groups in total. The lowest BCUT2D eigenvalue weighted by molar-refractivity contribution is 0.630. The second-order valence-corrected chi connectivity index (χ2v) is 7.41. The summed E-state index contributed by atoms with van der Waals surface area (Å²) < 4.78 is 15.2. The molecule has 0 saturated heterocycles. The second kappa shape index (κ2) is 7.86. The van der Waals surface area contributed by atoms with Gasteiger partial charge in [0.05, 0.1) is 5.69 Å². The average Bonchev–Trinajstić information content (AvgIpc) is 2.74. The van der Waals surface area contributed by atoms with E-state index >= 15 is 0 Å². The number of nitrogens with zero attached hydrogens (tertiary/aromatic N) is 2. The predicted octanol–water partition coefficient (Wildman–Crippen LogP) is 6.44. The Kier molecular flexibility index (Phi) is 5.11. The van der Waals surface area contributed by atoms with Crippen LogP contribution in [-0.4, -0.2) is 4.98 Å². The lowest BCUT2D eigenvalue weighted by Crippen LogP contribution is -2.00. The van der Waals surface area contributed by atoms with Crippen LogP contribution in [0.25, 0.3) is 33.5 Å². The largest absolute Gasteiger partial charge is 0.383 e. The van der Waals surface area contributed by atoms with Gasteiger partial charge in [-0.05, 0) is 29.3 Å². The van der Waals surface area contributed by atoms with Gasteiger partial charge in [0.1, 0.15) is 23.3 Å². The van der Waals surface area contributed by atoms with E-state index in [1.165, 1.54) is 6.07 Å². The molecule has 29 heavy (non-hydrogen) atoms. The molecule has 0 unspecified atom stereocenters. The van der Waals surface area contributed by atoms with E-state index in [-0.39, 0.29) is 11.4 Å². The molecule has 0 spiro atoms. The molecule has 0 aliphatic heterocycles. The van der Waals surface area contributed by atoms with Crippen molar-refractivity contribution < 1.29 is 4.39 Å². The number of nitrogens with two attached hydrogens (primary N) is 1. The number of hydrogen-bond donors (Lipinski definition) is 1. The molecule has 1 aromatic heterocycles. The Balaban J connectivity index is 1.81. The van der Waals surface area contributed by atoms with Gasteiger partial charge in [0, 0.05) is 21.2 Å². The molecule has 140 valence electrons. The number of benzene rings is 3. The van der Waals surface area contributed by atoms with E-state index in [1.807, 2.05) is 60.7 Å². The van der Waals surface area contributed by atoms with Crippen LogP contribution in [0.4, 0.5) is 10.2 Å². The zero-order chi connectivity index (χ0) is 20.4. The Bertz CT molecular complexity index is 1230. The van der Waals surface area contributed by atoms with Gasteiger partial charge in [-0.3, -0.25) is 0 Å². The molecule has 1 heterocycles. The predicted molar refractivity (Wildman–Crippen MR) is 117 cm³/mol. The van der Waals surface area contributed by atoms with Crippen LogP contribution in [0.1, 0.15) is 5.56 Å². The van der Waals surface area contributed by atoms with Gasteiger partial charge in [0.15, 0.2) is 0 Å². The Morgan fingerprint density at radius 3 is 2.14 bits per heavy atom. The molecule has 0 radical (unpaired) electrons. The molecule has 4 rings (SSSR count). The molecule has 3 nitrogen and oxygen atoms in total. The van der Waals surface area contributed by atoms with E-state index in [0.717, 1.165) is 16.7 Å². The van der Waals surface area contributed by atoms with Crippen molar-refractivity contribution >= 4 is 21.7 Å². The number of anilines is 1. The fourth-order valence-electron chi connectivity index (χ4n) is 3.21. The number of nitriles is 1. The Morgan fingerprint density at radius 2 is 1.48 bits per heavy atom. The van der Waals surface area contributed by atoms with E-state index < -0.39 is 5.82 Å². The quantitative estimate of drug-likeness (QED) is 0.396. The highest BCUT2D eigenvalue weighted by molar-refractivity contribution is 9.10. The standard InChI is InChI=1S/C24H15BrFN3/c25-18-10-11-19(22(26)12-18)20-13-23(29-24(28)21(20)14-27)17-8-6-16(7-9-17)15-4-2-1-3-5-15/h1-13H,(H2,28,29). The summed E-state index contributed by atoms with van der Waals surface area (Å²) in [7, 11) is 0. The first kappa shape index (κ1) is 18.9. The molecular formula is C24H15BrFN3. The number of aromatic nitrogens is 1. The molecule has 0 fully saturated rings. The minimum absolute atomic E-state index is 0.0782. The molecule has 0 bridgehead atoms. The molecule has 0 aliphatic carbocycles. The highest BCUT2D eigenvalue weighted by atomic mass is 79.9. The van der Waals surface area contributed by atoms with Gasteiger partial charge in [-0.25, -0.2) is 9.37 Å². The van der Waals surface area contributed by atoms with Gasteiger partial charge < -0.3 is 5.73 Å². The summed E-state index contributed by atoms with van der Waals surface area (Å²) in [6, 6.07) is 26.4. The van der Waals surface area contributed by atoms with Crippen LogP contribution < -0.4 is 5.73 Å². The van der Waals surface area contributed by atoms with Gasteiger partial charge >= 0.3 is 0 Å². The maximum absolute atomic E-state index is 14.6. The lowest BCUT2D eigenvalue weighted by Gasteiger charge is -2.12. The zero-order valence-corrected chi connectivity index (χ0v) is 16.8. The van der Waals surface area contributed by atoms with Crippen LogP contribution >= 0.6 is 15.9 Å². The van der Waals surface area contributed by atoms with Crippen molar-refractivity contribution in [1.29, 1.82) is 5.26 Å². The smallest absolute Gasteiger partial charge is 0.142 e. The van der Waals surface area contributed by atoms with Crippen molar-refractivity contribution in [1.82, 2.24) is 4.98 Å². The van der Waals surface area contributed by atoms with Crippen LogP contribution in [0.2, 0.25) is 0 Å². The first-order valence-corrected chi connectivity index (χ1v) is 9.68. The van der Waals surface area contributed by atoms with Crippen molar-refractivity contribution in [3.63, 3.8) is 0 Å². The molecule has 0 saturated carbocycles. The first-order chi connectivity index (χ1) is 14.1. The first-order valence-electron chi connectivity index (χ1n) is 8.88. The maximum atomic E-state index is 14.6. The molecular weight excluding hydrogens is 429 g/mol. The SMILES string of the molecule is N#Cc1c(-c2ccc(Br)cc2F)cc(-c2ccc(-c3ccccc3)cc2)nc1N. The van der Waals surface area contributed by atoms with Gasteiger partial charge in [-0.1, -0.05) is 76.6 Å². The Labute approximate surface area is 176 Å². The Hall–Kier alpha value is -3.49. The van der Waals surface area contributed by atoms with Crippen LogP contribution in [0.3, 0.4) is 0 Å². The van der Waals surface area contributed by atoms with Gasteiger partial charge in [0.2, 0.25) is 0 Å². The summed E-state index contributed by atoms with van der Waals surface area (Å²) in [5, 5.41) is 9.53. The minimum Gasteiger partial charge on any atom is -0.383 e. The highest BCUT2D eigenvalue weighted by Crippen LogP contribution is 2.34. The second-order valence-electron chi connectivity index (χ2n) is 6.49. The summed E-state index contributed by atoms with van der Waals surface area (Å²) in [4.78, 5) is 4.37. The van der Waals surface area contributed by atoms with E-state index in [0.29, 0.717) is 21.3 Å². The third-order valence-corrected chi connectivity index (χ3v) is 5.16. The zero-order valence-electron chi connectivity index (χ0n) is 15.2. The van der Waals surface area contributed by atoms with E-state index in [2.05, 4.69) is 20.9 Å². The molecule has 5 heteroatoms. The molecule has 0 amide bonds. The molecule has 4 aromatic rings. The number of hydrogen-bond acceptors (Lipinski definition) is 3. The van der Waals surface area contributed by atoms with Crippen molar-refractivity contribution in [2.75, 3.05) is 5.73 Å². The average molecular weight is 444 g/mol. The number of nitrogen functional groups attached to an aromatic ring is 1. The summed E-state index contributed by atoms with van der Waals surface area (Å²) in [5.74, 6) is -0.360. The highest BCUT2D eigenvalue weighted by Gasteiger charge is 2.16. The molecule has 3 aromatic carbocycles. The van der Waals surface area contributed by atoms with Gasteiger partial charge in [-0.15, -0.1) is 0 Å². The van der Waals surface area contributed by atoms with E-state index in [4.69, 9.17) is 5.73 Å². The molecule has 0 aliphatic rings. The van der Waals surface area contributed by atoms with Crippen molar-refractivity contribution in [3.05, 3.63) is 94.7 Å². The Morgan fingerprint density at radius 1 is 0.828 bits per heavy atom. The van der Waals surface area contributed by atoms with Gasteiger partial charge in [-0.2, -0.15) is 5.26 Å². The lowest BCUT2D eigenvalue weighted by atomic mass is 9.97. The van der Waals surface area contributed by atoms with E-state index in [1.54, 1.807) is 18.2 Å². The number of pyridine rings is 1. The fourth-order valence-corrected chi connectivity index (χ4v) is 3.55. The van der Waals surface area contributed by atoms with Crippen LogP contribution in [-0.2, 0) is 0 Å². The van der Waals surface area contributed by atoms with Crippen molar-refractivity contribution in [2.45, 2.75) is 0 Å². The summed E-state index contributed by atoms with van der Waals surface area (Å²) in [6.45, 7) is 0. The van der Waals surface area contributed by atoms with Gasteiger partial charge in [0.25, 0.3) is 0 Å². The fraction of sp³-hybridized carbons (Fsp3) is 0. The normalized spacial score (nSPS) is 10.5. The van der Waals surface area contributed by atoms with Crippen LogP contribution in [0, 0.1) is 17.1 Å². The number of halogens is 2. The monoisotopic (exact) mass is 443 g/mol. The van der Waals surface area contributed by atoms with Crippen LogP contribution in [0.5, 0.6) is 0 Å². The summed E-state index contributed by atoms with van der Waals surface area (Å²) in [6.07, 6.45) is 0. The summed E-state index contributed by atoms with van der Waals surface area (Å²) in [5.41, 5.74) is 10.5. The van der Waals surface area contributed by atoms with Crippen LogP contribution in [0.15, 0.2) is 83.3 Å². The van der Waals surface area contributed by atoms with Crippen molar-refractivity contribution in [2.24, 2.45) is 0 Å². The topological polar surface area (TPSA) is 62.7 Å². The maximum Gasteiger partial charge on any atom is 0.142 e. The summed E-state index contributed by atoms with van der Waals surface area (Å²) >= 11 is 3.25. The van der Waals surface area contributed by atoms with E-state index in [9.17, 15) is 9.65 Å². The minimum atomic E-state index is -0.438. The molecule has 0 atom stereocenters. The number of rotatable bonds is 3. The third kappa shape index (κ3) is 3.75. The van der Waals surface area contributed by atoms with Crippen molar-refractivity contribution in [3.8, 4) is 39.6 Å². The third-order valence-electron chi connectivity index (χ3n) is 4.67.